The van der Waals surface area contributed by atoms with Gasteiger partial charge >= 0.3 is 0 Å². The summed E-state index contributed by atoms with van der Waals surface area (Å²) in [6.45, 7) is 25.6. The van der Waals surface area contributed by atoms with Crippen LogP contribution in [0.4, 0.5) is 0 Å². The van der Waals surface area contributed by atoms with E-state index in [4.69, 9.17) is 9.47 Å². The SMILES string of the molecule is CC(C)(C)Oc1cc(-c2[c]c(C(C)(C)C)cc(OC(C)(C)C)c2)[c]c(C(C)(C)C)c1. The van der Waals surface area contributed by atoms with E-state index in [-0.39, 0.29) is 22.0 Å². The highest BCUT2D eigenvalue weighted by molar-refractivity contribution is 5.68. The highest BCUT2D eigenvalue weighted by Gasteiger charge is 2.22. The molecule has 2 radical (unpaired) electrons. The van der Waals surface area contributed by atoms with Gasteiger partial charge in [-0.15, -0.1) is 0 Å². The summed E-state index contributed by atoms with van der Waals surface area (Å²) >= 11 is 0. The third-order valence-corrected chi connectivity index (χ3v) is 4.44. The molecule has 0 fully saturated rings. The molecule has 0 aromatic heterocycles. The van der Waals surface area contributed by atoms with Crippen molar-refractivity contribution in [2.24, 2.45) is 0 Å². The maximum Gasteiger partial charge on any atom is 0.121 e. The summed E-state index contributed by atoms with van der Waals surface area (Å²) in [4.78, 5) is 0. The first-order valence-corrected chi connectivity index (χ1v) is 10.9. The predicted molar refractivity (Wildman–Crippen MR) is 128 cm³/mol. The molecule has 0 aliphatic carbocycles. The average Bonchev–Trinajstić information content (AvgIpc) is 2.49. The van der Waals surface area contributed by atoms with Gasteiger partial charge in [-0.2, -0.15) is 0 Å². The third-order valence-electron chi connectivity index (χ3n) is 4.44. The number of ether oxygens (including phenoxy) is 2. The number of rotatable bonds is 3. The zero-order chi connectivity index (χ0) is 23.1. The van der Waals surface area contributed by atoms with Crippen molar-refractivity contribution in [3.63, 3.8) is 0 Å². The van der Waals surface area contributed by atoms with Gasteiger partial charge in [0.25, 0.3) is 0 Å². The van der Waals surface area contributed by atoms with Gasteiger partial charge in [0.2, 0.25) is 0 Å². The van der Waals surface area contributed by atoms with Gasteiger partial charge in [0.05, 0.1) is 0 Å². The molecule has 0 atom stereocenters. The first-order chi connectivity index (χ1) is 13.3. The van der Waals surface area contributed by atoms with Gasteiger partial charge < -0.3 is 9.47 Å². The fraction of sp³-hybridized carbons (Fsp3) is 0.571. The maximum atomic E-state index is 6.24. The van der Waals surface area contributed by atoms with E-state index in [9.17, 15) is 0 Å². The molecule has 0 spiro atoms. The molecule has 164 valence electrons. The van der Waals surface area contributed by atoms with E-state index in [0.717, 1.165) is 33.8 Å². The number of benzene rings is 2. The second kappa shape index (κ2) is 7.94. The summed E-state index contributed by atoms with van der Waals surface area (Å²) in [5, 5.41) is 0. The standard InChI is InChI=1S/C28H40O2/c1-25(2,3)21-13-19(15-23(17-21)29-27(7,8)9)20-14-22(26(4,5)6)18-24(16-20)30-28(10,11)12/h15-18H,1-12H3. The minimum Gasteiger partial charge on any atom is -0.488 e. The van der Waals surface area contributed by atoms with Crippen LogP contribution in [0.25, 0.3) is 11.1 Å². The lowest BCUT2D eigenvalue weighted by Crippen LogP contribution is -2.24. The van der Waals surface area contributed by atoms with Crippen molar-refractivity contribution < 1.29 is 9.47 Å². The molecule has 2 heteroatoms. The van der Waals surface area contributed by atoms with Gasteiger partial charge in [-0.1, -0.05) is 41.5 Å². The molecule has 2 aromatic carbocycles. The smallest absolute Gasteiger partial charge is 0.121 e. The van der Waals surface area contributed by atoms with Crippen LogP contribution in [-0.4, -0.2) is 11.2 Å². The Bertz CT molecular complexity index is 803. The Balaban J connectivity index is 2.71. The fourth-order valence-electron chi connectivity index (χ4n) is 3.01. The number of hydrogen-bond acceptors (Lipinski definition) is 2. The molecule has 0 saturated carbocycles. The fourth-order valence-corrected chi connectivity index (χ4v) is 3.01. The van der Waals surface area contributed by atoms with Crippen molar-refractivity contribution in [2.75, 3.05) is 0 Å². The largest absolute Gasteiger partial charge is 0.488 e. The molecule has 0 amide bonds. The summed E-state index contributed by atoms with van der Waals surface area (Å²) in [6, 6.07) is 15.6. The van der Waals surface area contributed by atoms with Crippen molar-refractivity contribution in [2.45, 2.75) is 105 Å². The van der Waals surface area contributed by atoms with Crippen molar-refractivity contribution in [3.8, 4) is 22.6 Å². The van der Waals surface area contributed by atoms with Gasteiger partial charge in [-0.3, -0.25) is 0 Å². The van der Waals surface area contributed by atoms with E-state index >= 15 is 0 Å². The lowest BCUT2D eigenvalue weighted by Gasteiger charge is -2.27. The van der Waals surface area contributed by atoms with Gasteiger partial charge in [0.15, 0.2) is 0 Å². The minimum absolute atomic E-state index is 0.0433. The highest BCUT2D eigenvalue weighted by Crippen LogP contribution is 2.37. The average molecular weight is 409 g/mol. The van der Waals surface area contributed by atoms with Crippen LogP contribution in [-0.2, 0) is 10.8 Å². The molecular weight excluding hydrogens is 368 g/mol. The molecule has 0 N–H and O–H groups in total. The van der Waals surface area contributed by atoms with Crippen LogP contribution in [0.1, 0.15) is 94.2 Å². The first-order valence-electron chi connectivity index (χ1n) is 10.9. The first kappa shape index (κ1) is 24.3. The molecule has 0 unspecified atom stereocenters. The summed E-state index contributed by atoms with van der Waals surface area (Å²) in [5.74, 6) is 1.71. The highest BCUT2D eigenvalue weighted by atomic mass is 16.5. The topological polar surface area (TPSA) is 18.5 Å². The van der Waals surface area contributed by atoms with Gasteiger partial charge in [-0.05, 0) is 111 Å². The van der Waals surface area contributed by atoms with E-state index in [0.29, 0.717) is 0 Å². The Hall–Kier alpha value is -1.96. The van der Waals surface area contributed by atoms with Crippen LogP contribution in [0.15, 0.2) is 24.3 Å². The monoisotopic (exact) mass is 408 g/mol. The van der Waals surface area contributed by atoms with Crippen LogP contribution < -0.4 is 9.47 Å². The summed E-state index contributed by atoms with van der Waals surface area (Å²) in [6.07, 6.45) is 0. The quantitative estimate of drug-likeness (QED) is 0.514. The molecule has 30 heavy (non-hydrogen) atoms. The van der Waals surface area contributed by atoms with Crippen molar-refractivity contribution >= 4 is 0 Å². The molecule has 2 rings (SSSR count). The predicted octanol–water partition coefficient (Wildman–Crippen LogP) is 7.90. The van der Waals surface area contributed by atoms with Crippen LogP contribution in [0, 0.1) is 12.1 Å². The summed E-state index contributed by atoms with van der Waals surface area (Å²) in [5.41, 5.74) is 3.56. The molecule has 0 aliphatic heterocycles. The molecule has 0 heterocycles. The lowest BCUT2D eigenvalue weighted by molar-refractivity contribution is 0.130. The Morgan fingerprint density at radius 3 is 1.03 bits per heavy atom. The zero-order valence-corrected chi connectivity index (χ0v) is 21.1. The maximum absolute atomic E-state index is 6.24. The lowest BCUT2D eigenvalue weighted by atomic mass is 9.83. The Morgan fingerprint density at radius 1 is 0.500 bits per heavy atom. The van der Waals surface area contributed by atoms with E-state index in [2.05, 4.69) is 119 Å². The number of hydrogen-bond donors (Lipinski definition) is 0. The minimum atomic E-state index is -0.273. The van der Waals surface area contributed by atoms with Crippen LogP contribution in [0.3, 0.4) is 0 Å². The Labute approximate surface area is 185 Å². The Morgan fingerprint density at radius 2 is 0.800 bits per heavy atom. The molecule has 2 aromatic rings. The second-order valence-electron chi connectivity index (χ2n) is 12.2. The third kappa shape index (κ3) is 7.07. The molecular formula is C28H40O2. The second-order valence-corrected chi connectivity index (χ2v) is 12.2. The molecule has 0 saturated heterocycles. The van der Waals surface area contributed by atoms with Crippen molar-refractivity contribution in [1.29, 1.82) is 0 Å². The van der Waals surface area contributed by atoms with Crippen LogP contribution in [0.5, 0.6) is 11.5 Å². The van der Waals surface area contributed by atoms with E-state index < -0.39 is 0 Å². The van der Waals surface area contributed by atoms with E-state index in [1.807, 2.05) is 0 Å². The van der Waals surface area contributed by atoms with Crippen molar-refractivity contribution in [3.05, 3.63) is 47.5 Å². The summed E-state index contributed by atoms with van der Waals surface area (Å²) < 4.78 is 12.5. The zero-order valence-electron chi connectivity index (χ0n) is 21.1. The van der Waals surface area contributed by atoms with Gasteiger partial charge in [0.1, 0.15) is 22.7 Å². The summed E-state index contributed by atoms with van der Waals surface area (Å²) in [7, 11) is 0. The van der Waals surface area contributed by atoms with Crippen LogP contribution in [0.2, 0.25) is 0 Å². The van der Waals surface area contributed by atoms with E-state index in [1.165, 1.54) is 0 Å². The normalized spacial score (nSPS) is 13.3. The van der Waals surface area contributed by atoms with Crippen LogP contribution >= 0.6 is 0 Å². The van der Waals surface area contributed by atoms with Crippen molar-refractivity contribution in [1.82, 2.24) is 0 Å². The Kier molecular flexibility index (Phi) is 6.44. The van der Waals surface area contributed by atoms with E-state index in [1.54, 1.807) is 0 Å². The molecule has 2 nitrogen and oxygen atoms in total. The van der Waals surface area contributed by atoms with Gasteiger partial charge in [0, 0.05) is 0 Å². The van der Waals surface area contributed by atoms with Gasteiger partial charge in [-0.25, -0.2) is 0 Å². The molecule has 0 bridgehead atoms. The molecule has 0 aliphatic rings.